The van der Waals surface area contributed by atoms with E-state index in [4.69, 9.17) is 5.73 Å². The Hall–Kier alpha value is -4.55. The van der Waals surface area contributed by atoms with E-state index in [9.17, 15) is 4.79 Å². The summed E-state index contributed by atoms with van der Waals surface area (Å²) in [6.45, 7) is 1.12. The van der Waals surface area contributed by atoms with Crippen molar-refractivity contribution in [2.24, 2.45) is 0 Å². The maximum Gasteiger partial charge on any atom is 0.274 e. The van der Waals surface area contributed by atoms with Gasteiger partial charge in [-0.2, -0.15) is 0 Å². The standard InChI is InChI=1S/C32H29N5O/c33-31-30(32(38)36-19-22-12-13-23-7-1-2-9-25(23)16-22)37-29(20-35-31)26-10-5-6-21(17-26)18-34-28-15-14-24-8-3-4-11-27(24)28/h1-13,16-17,20,28,34H,14-15,18-19H2,(H2,33,35)(H,36,38). The van der Waals surface area contributed by atoms with Gasteiger partial charge in [0.15, 0.2) is 11.5 Å². The summed E-state index contributed by atoms with van der Waals surface area (Å²) >= 11 is 0. The van der Waals surface area contributed by atoms with Gasteiger partial charge in [-0.05, 0) is 58.0 Å². The molecule has 1 heterocycles. The normalized spacial score (nSPS) is 14.4. The molecule has 1 aliphatic carbocycles. The van der Waals surface area contributed by atoms with Crippen LogP contribution in [0.1, 0.15) is 45.2 Å². The van der Waals surface area contributed by atoms with Crippen LogP contribution in [0.15, 0.2) is 97.2 Å². The average Bonchev–Trinajstić information content (AvgIpc) is 3.38. The molecule has 38 heavy (non-hydrogen) atoms. The number of nitrogens with zero attached hydrogens (tertiary/aromatic N) is 2. The third-order valence-electron chi connectivity index (χ3n) is 7.19. The van der Waals surface area contributed by atoms with E-state index in [1.165, 1.54) is 11.1 Å². The van der Waals surface area contributed by atoms with Gasteiger partial charge in [0.2, 0.25) is 0 Å². The number of carbonyl (C=O) groups is 1. The summed E-state index contributed by atoms with van der Waals surface area (Å²) < 4.78 is 0. The van der Waals surface area contributed by atoms with Crippen molar-refractivity contribution in [3.05, 3.63) is 125 Å². The molecular weight excluding hydrogens is 470 g/mol. The fraction of sp³-hybridized carbons (Fsp3) is 0.156. The molecule has 6 heteroatoms. The lowest BCUT2D eigenvalue weighted by molar-refractivity contribution is 0.0946. The maximum absolute atomic E-state index is 13.0. The van der Waals surface area contributed by atoms with Crippen molar-refractivity contribution in [3.63, 3.8) is 0 Å². The highest BCUT2D eigenvalue weighted by Crippen LogP contribution is 2.31. The zero-order chi connectivity index (χ0) is 25.9. The number of benzene rings is 4. The van der Waals surface area contributed by atoms with Crippen LogP contribution in [0.2, 0.25) is 0 Å². The monoisotopic (exact) mass is 499 g/mol. The van der Waals surface area contributed by atoms with Crippen LogP contribution < -0.4 is 16.4 Å². The largest absolute Gasteiger partial charge is 0.382 e. The fourth-order valence-corrected chi connectivity index (χ4v) is 5.17. The average molecular weight is 500 g/mol. The highest BCUT2D eigenvalue weighted by Gasteiger charge is 2.21. The van der Waals surface area contributed by atoms with Crippen LogP contribution in [0.5, 0.6) is 0 Å². The minimum absolute atomic E-state index is 0.113. The molecule has 4 N–H and O–H groups in total. The predicted octanol–water partition coefficient (Wildman–Crippen LogP) is 5.59. The van der Waals surface area contributed by atoms with Gasteiger partial charge in [0.1, 0.15) is 0 Å². The molecule has 1 atom stereocenters. The molecule has 0 saturated carbocycles. The quantitative estimate of drug-likeness (QED) is 0.272. The number of nitrogen functional groups attached to an aromatic ring is 1. The second kappa shape index (κ2) is 10.4. The lowest BCUT2D eigenvalue weighted by Crippen LogP contribution is -2.25. The number of amides is 1. The van der Waals surface area contributed by atoms with Gasteiger partial charge in [-0.25, -0.2) is 9.97 Å². The SMILES string of the molecule is Nc1ncc(-c2cccc(CNC3CCc4ccccc43)c2)nc1C(=O)NCc1ccc2ccccc2c1. The summed E-state index contributed by atoms with van der Waals surface area (Å²) in [5.74, 6) is -0.231. The Kier molecular flexibility index (Phi) is 6.54. The Balaban J connectivity index is 1.15. The van der Waals surface area contributed by atoms with Crippen LogP contribution in [0.3, 0.4) is 0 Å². The van der Waals surface area contributed by atoms with Crippen molar-refractivity contribution in [1.29, 1.82) is 0 Å². The minimum Gasteiger partial charge on any atom is -0.382 e. The van der Waals surface area contributed by atoms with Gasteiger partial charge in [-0.3, -0.25) is 4.79 Å². The van der Waals surface area contributed by atoms with Crippen molar-refractivity contribution in [1.82, 2.24) is 20.6 Å². The molecule has 1 aliphatic rings. The van der Waals surface area contributed by atoms with Crippen LogP contribution in [0, 0.1) is 0 Å². The van der Waals surface area contributed by atoms with E-state index in [1.54, 1.807) is 6.20 Å². The number of carbonyl (C=O) groups excluding carboxylic acids is 1. The molecule has 0 saturated heterocycles. The van der Waals surface area contributed by atoms with Crippen LogP contribution in [-0.2, 0) is 19.5 Å². The van der Waals surface area contributed by atoms with E-state index < -0.39 is 0 Å². The van der Waals surface area contributed by atoms with Crippen LogP contribution in [0.4, 0.5) is 5.82 Å². The molecule has 0 spiro atoms. The Morgan fingerprint density at radius 3 is 2.61 bits per heavy atom. The van der Waals surface area contributed by atoms with Gasteiger partial charge in [-0.1, -0.05) is 78.9 Å². The van der Waals surface area contributed by atoms with Gasteiger partial charge in [-0.15, -0.1) is 0 Å². The maximum atomic E-state index is 13.0. The molecule has 1 aromatic heterocycles. The molecule has 0 fully saturated rings. The highest BCUT2D eigenvalue weighted by molar-refractivity contribution is 5.96. The first-order valence-electron chi connectivity index (χ1n) is 12.9. The molecule has 0 bridgehead atoms. The molecule has 0 radical (unpaired) electrons. The highest BCUT2D eigenvalue weighted by atomic mass is 16.1. The van der Waals surface area contributed by atoms with Crippen molar-refractivity contribution < 1.29 is 4.79 Å². The van der Waals surface area contributed by atoms with E-state index in [0.29, 0.717) is 18.3 Å². The number of aromatic nitrogens is 2. The fourth-order valence-electron chi connectivity index (χ4n) is 5.17. The summed E-state index contributed by atoms with van der Waals surface area (Å²) in [5, 5.41) is 8.93. The molecule has 4 aromatic carbocycles. The van der Waals surface area contributed by atoms with Gasteiger partial charge in [0.25, 0.3) is 5.91 Å². The van der Waals surface area contributed by atoms with E-state index in [0.717, 1.165) is 46.8 Å². The van der Waals surface area contributed by atoms with Crippen molar-refractivity contribution in [2.75, 3.05) is 5.73 Å². The first-order valence-corrected chi connectivity index (χ1v) is 12.9. The Morgan fingerprint density at radius 2 is 1.68 bits per heavy atom. The number of hydrogen-bond donors (Lipinski definition) is 3. The smallest absolute Gasteiger partial charge is 0.274 e. The molecule has 1 amide bonds. The molecule has 0 aliphatic heterocycles. The zero-order valence-corrected chi connectivity index (χ0v) is 21.0. The number of anilines is 1. The first-order chi connectivity index (χ1) is 18.6. The number of rotatable bonds is 7. The summed E-state index contributed by atoms with van der Waals surface area (Å²) in [5.41, 5.74) is 12.7. The van der Waals surface area contributed by atoms with E-state index >= 15 is 0 Å². The summed E-state index contributed by atoms with van der Waals surface area (Å²) in [6, 6.07) is 31.5. The molecule has 188 valence electrons. The van der Waals surface area contributed by atoms with Gasteiger partial charge >= 0.3 is 0 Å². The molecular formula is C32H29N5O. The van der Waals surface area contributed by atoms with Crippen molar-refractivity contribution in [2.45, 2.75) is 32.0 Å². The number of fused-ring (bicyclic) bond motifs is 2. The lowest BCUT2D eigenvalue weighted by atomic mass is 10.1. The third-order valence-corrected chi connectivity index (χ3v) is 7.19. The van der Waals surface area contributed by atoms with Crippen LogP contribution >= 0.6 is 0 Å². The topological polar surface area (TPSA) is 92.9 Å². The number of hydrogen-bond acceptors (Lipinski definition) is 5. The number of aryl methyl sites for hydroxylation is 1. The summed E-state index contributed by atoms with van der Waals surface area (Å²) in [6.07, 6.45) is 3.84. The molecule has 1 unspecified atom stereocenters. The molecule has 5 aromatic rings. The third kappa shape index (κ3) is 4.99. The van der Waals surface area contributed by atoms with Gasteiger partial charge in [0, 0.05) is 24.7 Å². The Labute approximate surface area is 222 Å². The van der Waals surface area contributed by atoms with Crippen LogP contribution in [0.25, 0.3) is 22.0 Å². The molecule has 6 nitrogen and oxygen atoms in total. The summed E-state index contributed by atoms with van der Waals surface area (Å²) in [4.78, 5) is 21.9. The van der Waals surface area contributed by atoms with Gasteiger partial charge in [0.05, 0.1) is 11.9 Å². The lowest BCUT2D eigenvalue weighted by Gasteiger charge is -2.15. The van der Waals surface area contributed by atoms with Gasteiger partial charge < -0.3 is 16.4 Å². The van der Waals surface area contributed by atoms with E-state index in [2.05, 4.69) is 81.3 Å². The minimum atomic E-state index is -0.345. The van der Waals surface area contributed by atoms with Crippen LogP contribution in [-0.4, -0.2) is 15.9 Å². The van der Waals surface area contributed by atoms with E-state index in [-0.39, 0.29) is 17.4 Å². The number of nitrogens with one attached hydrogen (secondary N) is 2. The molecule has 6 rings (SSSR count). The van der Waals surface area contributed by atoms with Crippen molar-refractivity contribution in [3.8, 4) is 11.3 Å². The van der Waals surface area contributed by atoms with E-state index in [1.807, 2.05) is 30.3 Å². The predicted molar refractivity (Wildman–Crippen MR) is 151 cm³/mol. The zero-order valence-electron chi connectivity index (χ0n) is 21.0. The van der Waals surface area contributed by atoms with Crippen molar-refractivity contribution >= 4 is 22.5 Å². The number of nitrogens with two attached hydrogens (primary N) is 1. The Morgan fingerprint density at radius 1 is 0.868 bits per heavy atom. The Bertz CT molecular complexity index is 1630. The first kappa shape index (κ1) is 23.8. The summed E-state index contributed by atoms with van der Waals surface area (Å²) in [7, 11) is 0. The second-order valence-electron chi connectivity index (χ2n) is 9.72. The second-order valence-corrected chi connectivity index (χ2v) is 9.72.